The molecule has 0 bridgehead atoms. The molecule has 2 rings (SSSR count). The van der Waals surface area contributed by atoms with E-state index in [0.29, 0.717) is 5.56 Å². The molecule has 0 amide bonds. The highest BCUT2D eigenvalue weighted by molar-refractivity contribution is 5.97. The number of carbonyl (C=O) groups excluding carboxylic acids is 1. The molecule has 0 saturated carbocycles. The van der Waals surface area contributed by atoms with E-state index in [1.807, 2.05) is 44.1 Å². The predicted octanol–water partition coefficient (Wildman–Crippen LogP) is 1.53. The lowest BCUT2D eigenvalue weighted by atomic mass is 10.1. The maximum Gasteiger partial charge on any atom is 0.343 e. The van der Waals surface area contributed by atoms with E-state index in [4.69, 9.17) is 4.74 Å². The number of benzene rings is 1. The van der Waals surface area contributed by atoms with Crippen LogP contribution >= 0.6 is 0 Å². The van der Waals surface area contributed by atoms with Crippen molar-refractivity contribution in [3.05, 3.63) is 29.8 Å². The normalized spacial score (nSPS) is 19.6. The van der Waals surface area contributed by atoms with Gasteiger partial charge in [0, 0.05) is 6.54 Å². The quantitative estimate of drug-likeness (QED) is 0.708. The zero-order valence-corrected chi connectivity index (χ0v) is 9.80. The number of carbonyl (C=O) groups is 1. The summed E-state index contributed by atoms with van der Waals surface area (Å²) in [5, 5.41) is 0. The van der Waals surface area contributed by atoms with E-state index < -0.39 is 0 Å². The Morgan fingerprint density at radius 3 is 2.69 bits per heavy atom. The Hall–Kier alpha value is -1.55. The molecule has 0 aromatic heterocycles. The molecule has 1 heterocycles. The lowest BCUT2D eigenvalue weighted by Crippen LogP contribution is -2.51. The molecule has 0 N–H and O–H groups in total. The van der Waals surface area contributed by atoms with Crippen LogP contribution < -0.4 is 4.90 Å². The van der Waals surface area contributed by atoms with Crippen molar-refractivity contribution in [3.63, 3.8) is 0 Å². The highest BCUT2D eigenvalue weighted by Gasteiger charge is 2.32. The van der Waals surface area contributed by atoms with Crippen LogP contribution in [0, 0.1) is 0 Å². The number of hydrogen-bond donors (Lipinski definition) is 0. The first-order valence-electron chi connectivity index (χ1n) is 5.38. The zero-order valence-electron chi connectivity index (χ0n) is 9.80. The number of cyclic esters (lactones) is 1. The fourth-order valence-corrected chi connectivity index (χ4v) is 1.95. The van der Waals surface area contributed by atoms with Gasteiger partial charge in [-0.25, -0.2) is 4.79 Å². The number of esters is 1. The minimum absolute atomic E-state index is 0.251. The Balaban J connectivity index is 2.46. The van der Waals surface area contributed by atoms with Crippen LogP contribution in [0.15, 0.2) is 24.3 Å². The smallest absolute Gasteiger partial charge is 0.343 e. The van der Waals surface area contributed by atoms with Gasteiger partial charge in [0.2, 0.25) is 6.35 Å². The number of nitrogens with zero attached hydrogens (tertiary/aromatic N) is 2. The van der Waals surface area contributed by atoms with Crippen LogP contribution in [-0.4, -0.2) is 37.9 Å². The zero-order chi connectivity index (χ0) is 11.7. The summed E-state index contributed by atoms with van der Waals surface area (Å²) in [7, 11) is 3.79. The fourth-order valence-electron chi connectivity index (χ4n) is 1.95. The molecule has 0 spiro atoms. The van der Waals surface area contributed by atoms with Crippen molar-refractivity contribution in [2.45, 2.75) is 13.3 Å². The summed E-state index contributed by atoms with van der Waals surface area (Å²) >= 11 is 0. The third kappa shape index (κ3) is 1.65. The highest BCUT2D eigenvalue weighted by atomic mass is 16.6. The summed E-state index contributed by atoms with van der Waals surface area (Å²) in [5.74, 6) is -0.251. The van der Waals surface area contributed by atoms with Crippen LogP contribution in [0.5, 0.6) is 0 Å². The van der Waals surface area contributed by atoms with E-state index >= 15 is 0 Å². The molecule has 1 aliphatic heterocycles. The fraction of sp³-hybridized carbons (Fsp3) is 0.417. The maximum absolute atomic E-state index is 11.8. The first-order valence-corrected chi connectivity index (χ1v) is 5.38. The Kier molecular flexibility index (Phi) is 2.83. The van der Waals surface area contributed by atoms with Crippen molar-refractivity contribution in [2.24, 2.45) is 0 Å². The summed E-state index contributed by atoms with van der Waals surface area (Å²) in [6, 6.07) is 7.54. The summed E-state index contributed by atoms with van der Waals surface area (Å²) in [6.07, 6.45) is -0.313. The average molecular weight is 220 g/mol. The highest BCUT2D eigenvalue weighted by Crippen LogP contribution is 2.29. The molecule has 0 aliphatic carbocycles. The minimum Gasteiger partial charge on any atom is -0.424 e. The predicted molar refractivity (Wildman–Crippen MR) is 62.4 cm³/mol. The van der Waals surface area contributed by atoms with Crippen molar-refractivity contribution in [1.82, 2.24) is 4.90 Å². The molecule has 0 saturated heterocycles. The largest absolute Gasteiger partial charge is 0.424 e. The summed E-state index contributed by atoms with van der Waals surface area (Å²) in [4.78, 5) is 15.7. The SMILES string of the molecule is CCN1c2ccccc2C(=O)OC1N(C)C. The van der Waals surface area contributed by atoms with Crippen LogP contribution in [0.3, 0.4) is 0 Å². The van der Waals surface area contributed by atoms with Crippen LogP contribution in [0.1, 0.15) is 17.3 Å². The Bertz CT molecular complexity index is 404. The molecule has 1 aliphatic rings. The number of anilines is 1. The minimum atomic E-state index is -0.313. The summed E-state index contributed by atoms with van der Waals surface area (Å²) < 4.78 is 5.39. The van der Waals surface area contributed by atoms with Crippen LogP contribution in [-0.2, 0) is 4.74 Å². The van der Waals surface area contributed by atoms with Gasteiger partial charge in [-0.1, -0.05) is 12.1 Å². The maximum atomic E-state index is 11.8. The monoisotopic (exact) mass is 220 g/mol. The van der Waals surface area contributed by atoms with Gasteiger partial charge in [0.25, 0.3) is 0 Å². The molecular formula is C12H16N2O2. The van der Waals surface area contributed by atoms with E-state index in [-0.39, 0.29) is 12.3 Å². The number of ether oxygens (including phenoxy) is 1. The van der Waals surface area contributed by atoms with Crippen LogP contribution in [0.4, 0.5) is 5.69 Å². The average Bonchev–Trinajstić information content (AvgIpc) is 2.29. The van der Waals surface area contributed by atoms with Crippen LogP contribution in [0.25, 0.3) is 0 Å². The number of para-hydroxylation sites is 1. The molecular weight excluding hydrogens is 204 g/mol. The lowest BCUT2D eigenvalue weighted by molar-refractivity contribution is -0.0196. The molecule has 0 radical (unpaired) electrons. The van der Waals surface area contributed by atoms with Gasteiger partial charge in [0.15, 0.2) is 0 Å². The van der Waals surface area contributed by atoms with Crippen molar-refractivity contribution >= 4 is 11.7 Å². The first kappa shape index (κ1) is 11.0. The first-order chi connectivity index (χ1) is 7.65. The van der Waals surface area contributed by atoms with E-state index in [2.05, 4.69) is 4.90 Å². The molecule has 4 heteroatoms. The van der Waals surface area contributed by atoms with Crippen molar-refractivity contribution in [2.75, 3.05) is 25.5 Å². The van der Waals surface area contributed by atoms with E-state index in [1.54, 1.807) is 6.07 Å². The van der Waals surface area contributed by atoms with E-state index in [9.17, 15) is 4.79 Å². The molecule has 16 heavy (non-hydrogen) atoms. The standard InChI is InChI=1S/C12H16N2O2/c1-4-14-10-8-6-5-7-9(10)11(15)16-12(14)13(2)3/h5-8,12H,4H2,1-3H3. The number of rotatable bonds is 2. The van der Waals surface area contributed by atoms with Crippen molar-refractivity contribution in [3.8, 4) is 0 Å². The second kappa shape index (κ2) is 4.14. The van der Waals surface area contributed by atoms with Crippen LogP contribution in [0.2, 0.25) is 0 Å². The Morgan fingerprint density at radius 2 is 2.06 bits per heavy atom. The summed E-state index contributed by atoms with van der Waals surface area (Å²) in [5.41, 5.74) is 1.59. The lowest BCUT2D eigenvalue weighted by Gasteiger charge is -2.39. The van der Waals surface area contributed by atoms with Crippen molar-refractivity contribution < 1.29 is 9.53 Å². The topological polar surface area (TPSA) is 32.8 Å². The third-order valence-electron chi connectivity index (χ3n) is 2.69. The van der Waals surface area contributed by atoms with Gasteiger partial charge < -0.3 is 9.64 Å². The number of fused-ring (bicyclic) bond motifs is 1. The molecule has 1 atom stereocenters. The van der Waals surface area contributed by atoms with Gasteiger partial charge >= 0.3 is 5.97 Å². The van der Waals surface area contributed by atoms with Gasteiger partial charge in [0.05, 0.1) is 11.3 Å². The molecule has 1 aromatic rings. The Labute approximate surface area is 95.4 Å². The second-order valence-electron chi connectivity index (χ2n) is 4.00. The number of hydrogen-bond acceptors (Lipinski definition) is 4. The molecule has 0 fully saturated rings. The third-order valence-corrected chi connectivity index (χ3v) is 2.69. The van der Waals surface area contributed by atoms with Crippen molar-refractivity contribution in [1.29, 1.82) is 0 Å². The summed E-state index contributed by atoms with van der Waals surface area (Å²) in [6.45, 7) is 2.85. The molecule has 86 valence electrons. The van der Waals surface area contributed by atoms with Gasteiger partial charge in [0.1, 0.15) is 0 Å². The van der Waals surface area contributed by atoms with Gasteiger partial charge in [-0.2, -0.15) is 0 Å². The van der Waals surface area contributed by atoms with E-state index in [1.165, 1.54) is 0 Å². The second-order valence-corrected chi connectivity index (χ2v) is 4.00. The van der Waals surface area contributed by atoms with Gasteiger partial charge in [-0.3, -0.25) is 4.90 Å². The Morgan fingerprint density at radius 1 is 1.38 bits per heavy atom. The molecule has 4 nitrogen and oxygen atoms in total. The van der Waals surface area contributed by atoms with Gasteiger partial charge in [-0.05, 0) is 33.2 Å². The van der Waals surface area contributed by atoms with Gasteiger partial charge in [-0.15, -0.1) is 0 Å². The molecule has 1 unspecified atom stereocenters. The molecule has 1 aromatic carbocycles. The van der Waals surface area contributed by atoms with E-state index in [0.717, 1.165) is 12.2 Å².